The third kappa shape index (κ3) is 6.69. The predicted octanol–water partition coefficient (Wildman–Crippen LogP) is 4.41. The van der Waals surface area contributed by atoms with E-state index >= 15 is 0 Å². The number of likely N-dealkylation sites (N-methyl/N-ethyl adjacent to an activating group) is 1. The average Bonchev–Trinajstić information content (AvgIpc) is 2.80. The minimum Gasteiger partial charge on any atom is -0.497 e. The van der Waals surface area contributed by atoms with E-state index in [0.29, 0.717) is 23.5 Å². The molecule has 0 aliphatic heterocycles. The van der Waals surface area contributed by atoms with Crippen LogP contribution in [0.2, 0.25) is 0 Å². The summed E-state index contributed by atoms with van der Waals surface area (Å²) in [5, 5.41) is 5.73. The van der Waals surface area contributed by atoms with Gasteiger partial charge >= 0.3 is 0 Å². The fraction of sp³-hybridized carbons (Fsp3) is 0.200. The van der Waals surface area contributed by atoms with Crippen LogP contribution in [0.5, 0.6) is 5.75 Å². The van der Waals surface area contributed by atoms with Crippen molar-refractivity contribution in [3.8, 4) is 5.75 Å². The monoisotopic (exact) mass is 417 g/mol. The summed E-state index contributed by atoms with van der Waals surface area (Å²) in [6, 6.07) is 24.0. The summed E-state index contributed by atoms with van der Waals surface area (Å²) in [5.74, 6) is 0.416. The second kappa shape index (κ2) is 10.9. The first-order chi connectivity index (χ1) is 15.1. The number of anilines is 2. The molecule has 0 spiro atoms. The van der Waals surface area contributed by atoms with Crippen LogP contribution in [0.4, 0.5) is 11.4 Å². The smallest absolute Gasteiger partial charge is 0.255 e. The lowest BCUT2D eigenvalue weighted by atomic mass is 10.2. The number of carbonyl (C=O) groups excluding carboxylic acids is 2. The molecule has 0 aliphatic rings. The maximum absolute atomic E-state index is 12.4. The lowest BCUT2D eigenvalue weighted by Crippen LogP contribution is -2.32. The van der Waals surface area contributed by atoms with E-state index in [1.807, 2.05) is 25.1 Å². The van der Waals surface area contributed by atoms with Crippen molar-refractivity contribution in [1.82, 2.24) is 4.90 Å². The predicted molar refractivity (Wildman–Crippen MR) is 123 cm³/mol. The number of methoxy groups -OCH3 is 1. The molecule has 0 aromatic heterocycles. The molecular weight excluding hydrogens is 390 g/mol. The number of hydrogen-bond donors (Lipinski definition) is 2. The number of benzene rings is 3. The molecule has 3 aromatic carbocycles. The third-order valence-electron chi connectivity index (χ3n) is 4.84. The molecular formula is C25H27N3O3. The summed E-state index contributed by atoms with van der Waals surface area (Å²) in [4.78, 5) is 26.9. The molecule has 0 fully saturated rings. The Morgan fingerprint density at radius 2 is 1.45 bits per heavy atom. The van der Waals surface area contributed by atoms with E-state index in [2.05, 4.69) is 27.7 Å². The van der Waals surface area contributed by atoms with E-state index in [0.717, 1.165) is 18.8 Å². The molecule has 31 heavy (non-hydrogen) atoms. The molecule has 0 saturated heterocycles. The number of amides is 2. The summed E-state index contributed by atoms with van der Waals surface area (Å²) < 4.78 is 5.11. The van der Waals surface area contributed by atoms with Crippen LogP contribution in [0.25, 0.3) is 0 Å². The number of rotatable bonds is 9. The van der Waals surface area contributed by atoms with Crippen molar-refractivity contribution in [2.24, 2.45) is 0 Å². The first kappa shape index (κ1) is 22.1. The van der Waals surface area contributed by atoms with Gasteiger partial charge < -0.3 is 15.4 Å². The highest BCUT2D eigenvalue weighted by molar-refractivity contribution is 6.04. The first-order valence-electron chi connectivity index (χ1n) is 10.2. The summed E-state index contributed by atoms with van der Waals surface area (Å²) in [6.45, 7) is 3.82. The molecule has 6 nitrogen and oxygen atoms in total. The van der Waals surface area contributed by atoms with Gasteiger partial charge in [-0.3, -0.25) is 14.5 Å². The zero-order valence-corrected chi connectivity index (χ0v) is 17.8. The van der Waals surface area contributed by atoms with Crippen LogP contribution in [-0.4, -0.2) is 36.9 Å². The van der Waals surface area contributed by atoms with Crippen molar-refractivity contribution in [2.75, 3.05) is 30.8 Å². The van der Waals surface area contributed by atoms with Gasteiger partial charge in [-0.25, -0.2) is 0 Å². The van der Waals surface area contributed by atoms with Crippen LogP contribution in [0.3, 0.4) is 0 Å². The van der Waals surface area contributed by atoms with Gasteiger partial charge in [0.05, 0.1) is 13.7 Å². The van der Waals surface area contributed by atoms with Crippen LogP contribution in [0, 0.1) is 0 Å². The van der Waals surface area contributed by atoms with Crippen molar-refractivity contribution in [3.05, 3.63) is 90.0 Å². The molecule has 0 aliphatic carbocycles. The zero-order valence-electron chi connectivity index (χ0n) is 17.8. The van der Waals surface area contributed by atoms with Gasteiger partial charge in [-0.15, -0.1) is 0 Å². The standard InChI is InChI=1S/C25H27N3O3/c1-3-28(17-19-7-5-4-6-8-19)18-24(29)26-21-11-9-20(10-12-21)25(30)27-22-13-15-23(31-2)16-14-22/h4-16H,3,17-18H2,1-2H3,(H,26,29)(H,27,30). The van der Waals surface area contributed by atoms with Crippen molar-refractivity contribution in [2.45, 2.75) is 13.5 Å². The fourth-order valence-corrected chi connectivity index (χ4v) is 3.11. The van der Waals surface area contributed by atoms with E-state index < -0.39 is 0 Å². The summed E-state index contributed by atoms with van der Waals surface area (Å²) in [5.41, 5.74) is 3.01. The molecule has 0 heterocycles. The molecule has 2 N–H and O–H groups in total. The van der Waals surface area contributed by atoms with Gasteiger partial charge in [0.2, 0.25) is 5.91 Å². The molecule has 2 amide bonds. The Labute approximate surface area is 182 Å². The number of hydrogen-bond acceptors (Lipinski definition) is 4. The highest BCUT2D eigenvalue weighted by atomic mass is 16.5. The van der Waals surface area contributed by atoms with Crippen molar-refractivity contribution in [1.29, 1.82) is 0 Å². The molecule has 0 saturated carbocycles. The van der Waals surface area contributed by atoms with Gasteiger partial charge in [-0.2, -0.15) is 0 Å². The molecule has 0 radical (unpaired) electrons. The second-order valence-corrected chi connectivity index (χ2v) is 7.10. The molecule has 0 unspecified atom stereocenters. The largest absolute Gasteiger partial charge is 0.497 e. The molecule has 3 aromatic rings. The van der Waals surface area contributed by atoms with Crippen molar-refractivity contribution in [3.63, 3.8) is 0 Å². The highest BCUT2D eigenvalue weighted by Crippen LogP contribution is 2.17. The zero-order chi connectivity index (χ0) is 22.1. The Morgan fingerprint density at radius 1 is 0.839 bits per heavy atom. The third-order valence-corrected chi connectivity index (χ3v) is 4.84. The Kier molecular flexibility index (Phi) is 7.79. The fourth-order valence-electron chi connectivity index (χ4n) is 3.11. The number of carbonyl (C=O) groups is 2. The van der Waals surface area contributed by atoms with Crippen LogP contribution >= 0.6 is 0 Å². The first-order valence-corrected chi connectivity index (χ1v) is 10.2. The normalized spacial score (nSPS) is 10.5. The van der Waals surface area contributed by atoms with Crippen LogP contribution in [0.15, 0.2) is 78.9 Å². The highest BCUT2D eigenvalue weighted by Gasteiger charge is 2.11. The van der Waals surface area contributed by atoms with Crippen LogP contribution in [0.1, 0.15) is 22.8 Å². The summed E-state index contributed by atoms with van der Waals surface area (Å²) >= 11 is 0. The number of ether oxygens (including phenoxy) is 1. The summed E-state index contributed by atoms with van der Waals surface area (Å²) in [6.07, 6.45) is 0. The van der Waals surface area contributed by atoms with Crippen LogP contribution in [-0.2, 0) is 11.3 Å². The van der Waals surface area contributed by atoms with Gasteiger partial charge in [0.15, 0.2) is 0 Å². The Hall–Kier alpha value is -3.64. The Bertz CT molecular complexity index is 987. The van der Waals surface area contributed by atoms with Gasteiger partial charge in [-0.05, 0) is 60.6 Å². The van der Waals surface area contributed by atoms with E-state index in [9.17, 15) is 9.59 Å². The van der Waals surface area contributed by atoms with E-state index in [1.165, 1.54) is 5.56 Å². The van der Waals surface area contributed by atoms with E-state index in [1.54, 1.807) is 55.6 Å². The number of nitrogens with one attached hydrogen (secondary N) is 2. The minimum absolute atomic E-state index is 0.0896. The average molecular weight is 418 g/mol. The van der Waals surface area contributed by atoms with Gasteiger partial charge in [-0.1, -0.05) is 37.3 Å². The molecule has 3 rings (SSSR count). The van der Waals surface area contributed by atoms with E-state index in [4.69, 9.17) is 4.74 Å². The molecule has 0 bridgehead atoms. The quantitative estimate of drug-likeness (QED) is 0.541. The van der Waals surface area contributed by atoms with Crippen LogP contribution < -0.4 is 15.4 Å². The molecule has 160 valence electrons. The SMILES string of the molecule is CCN(CC(=O)Nc1ccc(C(=O)Nc2ccc(OC)cc2)cc1)Cc1ccccc1. The maximum atomic E-state index is 12.4. The van der Waals surface area contributed by atoms with Crippen molar-refractivity contribution < 1.29 is 14.3 Å². The number of nitrogens with zero attached hydrogens (tertiary/aromatic N) is 1. The topological polar surface area (TPSA) is 70.7 Å². The van der Waals surface area contributed by atoms with Crippen molar-refractivity contribution >= 4 is 23.2 Å². The minimum atomic E-state index is -0.219. The van der Waals surface area contributed by atoms with Gasteiger partial charge in [0.25, 0.3) is 5.91 Å². The maximum Gasteiger partial charge on any atom is 0.255 e. The Morgan fingerprint density at radius 3 is 2.06 bits per heavy atom. The van der Waals surface area contributed by atoms with Gasteiger partial charge in [0.1, 0.15) is 5.75 Å². The Balaban J connectivity index is 1.52. The van der Waals surface area contributed by atoms with E-state index in [-0.39, 0.29) is 11.8 Å². The van der Waals surface area contributed by atoms with Gasteiger partial charge in [0, 0.05) is 23.5 Å². The second-order valence-electron chi connectivity index (χ2n) is 7.10. The summed E-state index contributed by atoms with van der Waals surface area (Å²) in [7, 11) is 1.59. The lowest BCUT2D eigenvalue weighted by Gasteiger charge is -2.20. The molecule has 0 atom stereocenters. The lowest BCUT2D eigenvalue weighted by molar-refractivity contribution is -0.117. The molecule has 6 heteroatoms.